The van der Waals surface area contributed by atoms with Gasteiger partial charge in [-0.1, -0.05) is 18.2 Å². The molecule has 0 saturated carbocycles. The minimum Gasteiger partial charge on any atom is -0.386 e. The first-order valence-electron chi connectivity index (χ1n) is 5.18. The van der Waals surface area contributed by atoms with Gasteiger partial charge in [-0.2, -0.15) is 5.10 Å². The minimum absolute atomic E-state index is 0.227. The molecule has 1 aromatic heterocycles. The molecule has 0 aliphatic heterocycles. The van der Waals surface area contributed by atoms with Crippen LogP contribution in [0, 0.1) is 5.82 Å². The van der Waals surface area contributed by atoms with Crippen molar-refractivity contribution in [3.05, 3.63) is 52.0 Å². The highest BCUT2D eigenvalue weighted by Crippen LogP contribution is 2.25. The molecular weight excluding hydrogens is 287 g/mol. The lowest BCUT2D eigenvalue weighted by molar-refractivity contribution is 0.166. The Labute approximate surface area is 107 Å². The number of rotatable bonds is 3. The van der Waals surface area contributed by atoms with Crippen molar-refractivity contribution >= 4 is 15.9 Å². The van der Waals surface area contributed by atoms with Crippen molar-refractivity contribution in [3.8, 4) is 0 Å². The summed E-state index contributed by atoms with van der Waals surface area (Å²) < 4.78 is 15.8. The van der Waals surface area contributed by atoms with E-state index < -0.39 is 6.10 Å². The van der Waals surface area contributed by atoms with Crippen LogP contribution in [0.15, 0.2) is 34.9 Å². The summed E-state index contributed by atoms with van der Waals surface area (Å²) in [7, 11) is 1.74. The molecular formula is C12H12BrFN2O. The molecule has 1 unspecified atom stereocenters. The van der Waals surface area contributed by atoms with Gasteiger partial charge in [0.05, 0.1) is 16.4 Å². The summed E-state index contributed by atoms with van der Waals surface area (Å²) in [5.74, 6) is -0.301. The third kappa shape index (κ3) is 2.56. The molecule has 0 saturated heterocycles. The van der Waals surface area contributed by atoms with Crippen molar-refractivity contribution in [2.24, 2.45) is 7.05 Å². The van der Waals surface area contributed by atoms with Crippen molar-refractivity contribution in [2.45, 2.75) is 12.5 Å². The Bertz CT molecular complexity index is 507. The summed E-state index contributed by atoms with van der Waals surface area (Å²) in [4.78, 5) is 0. The van der Waals surface area contributed by atoms with Gasteiger partial charge in [-0.05, 0) is 27.6 Å². The van der Waals surface area contributed by atoms with Gasteiger partial charge >= 0.3 is 0 Å². The highest BCUT2D eigenvalue weighted by atomic mass is 79.9. The zero-order valence-corrected chi connectivity index (χ0v) is 10.9. The van der Waals surface area contributed by atoms with E-state index in [4.69, 9.17) is 0 Å². The van der Waals surface area contributed by atoms with Crippen LogP contribution in [-0.4, -0.2) is 14.9 Å². The van der Waals surface area contributed by atoms with E-state index in [1.807, 2.05) is 0 Å². The van der Waals surface area contributed by atoms with Crippen molar-refractivity contribution in [2.75, 3.05) is 0 Å². The molecule has 0 spiro atoms. The van der Waals surface area contributed by atoms with Gasteiger partial charge in [0.1, 0.15) is 11.9 Å². The fourth-order valence-electron chi connectivity index (χ4n) is 1.76. The van der Waals surface area contributed by atoms with Crippen LogP contribution in [0.2, 0.25) is 0 Å². The number of aliphatic hydroxyl groups excluding tert-OH is 1. The normalized spacial score (nSPS) is 12.7. The number of nitrogens with zero attached hydrogens (tertiary/aromatic N) is 2. The van der Waals surface area contributed by atoms with E-state index in [2.05, 4.69) is 21.0 Å². The molecule has 0 fully saturated rings. The monoisotopic (exact) mass is 298 g/mol. The Kier molecular flexibility index (Phi) is 3.59. The van der Waals surface area contributed by atoms with E-state index in [-0.39, 0.29) is 12.2 Å². The molecule has 17 heavy (non-hydrogen) atoms. The highest BCUT2D eigenvalue weighted by molar-refractivity contribution is 9.10. The van der Waals surface area contributed by atoms with E-state index in [0.717, 1.165) is 4.47 Å². The Morgan fingerprint density at radius 1 is 1.47 bits per heavy atom. The molecule has 0 aliphatic rings. The zero-order valence-electron chi connectivity index (χ0n) is 9.27. The summed E-state index contributed by atoms with van der Waals surface area (Å²) in [6, 6.07) is 6.44. The molecule has 1 atom stereocenters. The van der Waals surface area contributed by atoms with Gasteiger partial charge in [0, 0.05) is 13.5 Å². The van der Waals surface area contributed by atoms with Crippen LogP contribution in [0.1, 0.15) is 17.4 Å². The van der Waals surface area contributed by atoms with Gasteiger partial charge in [-0.25, -0.2) is 4.39 Å². The molecule has 3 nitrogen and oxygen atoms in total. The molecule has 1 heterocycles. The van der Waals surface area contributed by atoms with Crippen LogP contribution in [0.25, 0.3) is 0 Å². The predicted molar refractivity (Wildman–Crippen MR) is 66.0 cm³/mol. The summed E-state index contributed by atoms with van der Waals surface area (Å²) in [6.45, 7) is 0. The minimum atomic E-state index is -0.784. The highest BCUT2D eigenvalue weighted by Gasteiger charge is 2.17. The summed E-state index contributed by atoms with van der Waals surface area (Å²) in [6.07, 6.45) is 1.05. The number of aromatic nitrogens is 2. The Hall–Kier alpha value is -1.20. The van der Waals surface area contributed by atoms with Crippen molar-refractivity contribution in [1.29, 1.82) is 0 Å². The van der Waals surface area contributed by atoms with Gasteiger partial charge in [0.25, 0.3) is 0 Å². The lowest BCUT2D eigenvalue weighted by atomic mass is 10.1. The molecule has 5 heteroatoms. The van der Waals surface area contributed by atoms with Crippen LogP contribution in [-0.2, 0) is 13.5 Å². The number of benzene rings is 1. The second-order valence-corrected chi connectivity index (χ2v) is 4.67. The number of halogens is 2. The molecule has 0 amide bonds. The van der Waals surface area contributed by atoms with Crippen molar-refractivity contribution in [1.82, 2.24) is 9.78 Å². The summed E-state index contributed by atoms with van der Waals surface area (Å²) >= 11 is 3.31. The van der Waals surface area contributed by atoms with Crippen LogP contribution < -0.4 is 0 Å². The second-order valence-electron chi connectivity index (χ2n) is 3.81. The largest absolute Gasteiger partial charge is 0.386 e. The van der Waals surface area contributed by atoms with E-state index >= 15 is 0 Å². The molecule has 0 radical (unpaired) electrons. The van der Waals surface area contributed by atoms with E-state index in [9.17, 15) is 9.50 Å². The smallest absolute Gasteiger partial charge is 0.126 e. The quantitative estimate of drug-likeness (QED) is 0.946. The van der Waals surface area contributed by atoms with Crippen molar-refractivity contribution in [3.63, 3.8) is 0 Å². The number of hydrogen-bond acceptors (Lipinski definition) is 2. The lowest BCUT2D eigenvalue weighted by Crippen LogP contribution is -2.09. The molecule has 90 valence electrons. The summed E-state index contributed by atoms with van der Waals surface area (Å²) in [5, 5.41) is 14.1. The Morgan fingerprint density at radius 3 is 2.76 bits per heavy atom. The number of hydrogen-bond donors (Lipinski definition) is 1. The van der Waals surface area contributed by atoms with Crippen molar-refractivity contribution < 1.29 is 9.50 Å². The molecule has 1 N–H and O–H groups in total. The first-order chi connectivity index (χ1) is 8.09. The predicted octanol–water partition coefficient (Wildman–Crippen LogP) is 2.60. The third-order valence-corrected chi connectivity index (χ3v) is 3.24. The Morgan fingerprint density at radius 2 is 2.18 bits per heavy atom. The van der Waals surface area contributed by atoms with E-state index in [1.54, 1.807) is 36.1 Å². The first kappa shape index (κ1) is 12.3. The average molecular weight is 299 g/mol. The van der Waals surface area contributed by atoms with E-state index in [0.29, 0.717) is 11.3 Å². The number of aryl methyl sites for hydroxylation is 1. The molecule has 2 rings (SSSR count). The topological polar surface area (TPSA) is 38.0 Å². The second kappa shape index (κ2) is 4.98. The van der Waals surface area contributed by atoms with E-state index in [1.165, 1.54) is 6.07 Å². The number of aliphatic hydroxyl groups is 1. The van der Waals surface area contributed by atoms with Crippen LogP contribution in [0.5, 0.6) is 0 Å². The SMILES string of the molecule is Cn1ncc(Br)c1C(O)Cc1ccccc1F. The van der Waals surface area contributed by atoms with Gasteiger partial charge in [-0.3, -0.25) is 4.68 Å². The maximum atomic E-state index is 13.4. The summed E-state index contributed by atoms with van der Waals surface area (Å²) in [5.41, 5.74) is 1.14. The molecule has 2 aromatic rings. The van der Waals surface area contributed by atoms with Gasteiger partial charge in [0.2, 0.25) is 0 Å². The van der Waals surface area contributed by atoms with Crippen LogP contribution >= 0.6 is 15.9 Å². The molecule has 1 aromatic carbocycles. The first-order valence-corrected chi connectivity index (χ1v) is 5.97. The third-order valence-electron chi connectivity index (χ3n) is 2.62. The van der Waals surface area contributed by atoms with Crippen LogP contribution in [0.3, 0.4) is 0 Å². The fraction of sp³-hybridized carbons (Fsp3) is 0.250. The molecule has 0 aliphatic carbocycles. The zero-order chi connectivity index (χ0) is 12.4. The van der Waals surface area contributed by atoms with Gasteiger partial charge in [0.15, 0.2) is 0 Å². The standard InChI is InChI=1S/C12H12BrFN2O/c1-16-12(9(13)7-15-16)11(17)6-8-4-2-3-5-10(8)14/h2-5,7,11,17H,6H2,1H3. The van der Waals surface area contributed by atoms with Gasteiger partial charge in [-0.15, -0.1) is 0 Å². The average Bonchev–Trinajstić information content (AvgIpc) is 2.62. The lowest BCUT2D eigenvalue weighted by Gasteiger charge is -2.12. The van der Waals surface area contributed by atoms with Gasteiger partial charge < -0.3 is 5.11 Å². The Balaban J connectivity index is 2.23. The van der Waals surface area contributed by atoms with Crippen LogP contribution in [0.4, 0.5) is 4.39 Å². The maximum Gasteiger partial charge on any atom is 0.126 e. The fourth-order valence-corrected chi connectivity index (χ4v) is 2.38. The maximum absolute atomic E-state index is 13.4. The molecule has 0 bridgehead atoms.